The Labute approximate surface area is 111 Å². The largest absolute Gasteiger partial charge is 0.344 e. The van der Waals surface area contributed by atoms with Crippen molar-refractivity contribution in [2.75, 3.05) is 13.1 Å². The van der Waals surface area contributed by atoms with Gasteiger partial charge in [-0.05, 0) is 44.2 Å². The van der Waals surface area contributed by atoms with E-state index in [1.807, 2.05) is 0 Å². The first kappa shape index (κ1) is 12.6. The van der Waals surface area contributed by atoms with E-state index in [1.165, 1.54) is 0 Å². The number of hydrogen-bond donors (Lipinski definition) is 3. The molecule has 3 N–H and O–H groups in total. The molecule has 2 aliphatic heterocycles. The number of amides is 3. The second-order valence-electron chi connectivity index (χ2n) is 5.88. The van der Waals surface area contributed by atoms with Crippen LogP contribution in [0.2, 0.25) is 0 Å². The smallest absolute Gasteiger partial charge is 0.249 e. The predicted molar refractivity (Wildman–Crippen MR) is 67.0 cm³/mol. The number of hydrogen-bond acceptors (Lipinski definition) is 4. The van der Waals surface area contributed by atoms with E-state index in [4.69, 9.17) is 0 Å². The molecule has 0 bridgehead atoms. The zero-order chi connectivity index (χ0) is 13.5. The van der Waals surface area contributed by atoms with Gasteiger partial charge in [-0.25, -0.2) is 0 Å². The van der Waals surface area contributed by atoms with Gasteiger partial charge in [-0.3, -0.25) is 19.7 Å². The molecular weight excluding hydrogens is 246 g/mol. The molecule has 104 valence electrons. The van der Waals surface area contributed by atoms with E-state index in [1.54, 1.807) is 0 Å². The van der Waals surface area contributed by atoms with Crippen LogP contribution >= 0.6 is 0 Å². The van der Waals surface area contributed by atoms with E-state index in [9.17, 15) is 14.4 Å². The maximum Gasteiger partial charge on any atom is 0.249 e. The Bertz CT molecular complexity index is 429. The minimum absolute atomic E-state index is 0.0172. The van der Waals surface area contributed by atoms with Gasteiger partial charge in [-0.2, -0.15) is 0 Å². The summed E-state index contributed by atoms with van der Waals surface area (Å²) in [6, 6.07) is -0.537. The minimum atomic E-state index is -0.537. The van der Waals surface area contributed by atoms with Crippen molar-refractivity contribution in [1.29, 1.82) is 0 Å². The Kier molecular flexibility index (Phi) is 3.05. The first-order valence-electron chi connectivity index (χ1n) is 6.95. The third-order valence-electron chi connectivity index (χ3n) is 4.66. The number of imide groups is 1. The highest BCUT2D eigenvalue weighted by atomic mass is 16.2. The van der Waals surface area contributed by atoms with Crippen molar-refractivity contribution < 1.29 is 14.4 Å². The second kappa shape index (κ2) is 4.59. The normalized spacial score (nSPS) is 32.8. The van der Waals surface area contributed by atoms with Gasteiger partial charge in [-0.1, -0.05) is 0 Å². The Hall–Kier alpha value is -1.43. The zero-order valence-electron chi connectivity index (χ0n) is 10.8. The van der Waals surface area contributed by atoms with Crippen molar-refractivity contribution in [3.05, 3.63) is 0 Å². The van der Waals surface area contributed by atoms with E-state index < -0.39 is 6.04 Å². The van der Waals surface area contributed by atoms with Crippen LogP contribution in [0.25, 0.3) is 0 Å². The van der Waals surface area contributed by atoms with Crippen molar-refractivity contribution in [3.63, 3.8) is 0 Å². The first-order chi connectivity index (χ1) is 9.11. The maximum absolute atomic E-state index is 12.2. The molecule has 3 fully saturated rings. The van der Waals surface area contributed by atoms with Gasteiger partial charge in [0.15, 0.2) is 0 Å². The molecule has 19 heavy (non-hydrogen) atoms. The molecule has 1 saturated carbocycles. The topological polar surface area (TPSA) is 87.3 Å². The number of piperidine rings is 2. The van der Waals surface area contributed by atoms with E-state index in [-0.39, 0.29) is 29.1 Å². The molecule has 0 aromatic carbocycles. The molecule has 1 spiro atoms. The van der Waals surface area contributed by atoms with Gasteiger partial charge >= 0.3 is 0 Å². The molecule has 2 unspecified atom stereocenters. The quantitative estimate of drug-likeness (QED) is 0.576. The molecule has 1 aliphatic carbocycles. The fourth-order valence-electron chi connectivity index (χ4n) is 3.30. The third kappa shape index (κ3) is 2.36. The first-order valence-corrected chi connectivity index (χ1v) is 6.95. The summed E-state index contributed by atoms with van der Waals surface area (Å²) in [5.41, 5.74) is 0.177. The van der Waals surface area contributed by atoms with Gasteiger partial charge in [0.1, 0.15) is 6.04 Å². The number of carbonyl (C=O) groups is 3. The Balaban J connectivity index is 1.55. The van der Waals surface area contributed by atoms with Crippen LogP contribution in [0.4, 0.5) is 0 Å². The SMILES string of the molecule is O=C1CCC(NC(=O)C2CC23CCNCC3)C(=O)N1. The molecule has 0 aromatic heterocycles. The molecule has 2 heterocycles. The molecule has 6 nitrogen and oxygen atoms in total. The molecule has 0 radical (unpaired) electrons. The van der Waals surface area contributed by atoms with Crippen molar-refractivity contribution in [1.82, 2.24) is 16.0 Å². The molecule has 3 aliphatic rings. The van der Waals surface area contributed by atoms with Crippen molar-refractivity contribution >= 4 is 17.7 Å². The number of nitrogens with one attached hydrogen (secondary N) is 3. The highest BCUT2D eigenvalue weighted by Gasteiger charge is 2.57. The lowest BCUT2D eigenvalue weighted by Gasteiger charge is -2.25. The van der Waals surface area contributed by atoms with Crippen LogP contribution in [0.5, 0.6) is 0 Å². The lowest BCUT2D eigenvalue weighted by Crippen LogP contribution is -2.52. The summed E-state index contributed by atoms with van der Waals surface area (Å²) in [4.78, 5) is 34.8. The van der Waals surface area contributed by atoms with Crippen LogP contribution in [0.3, 0.4) is 0 Å². The van der Waals surface area contributed by atoms with Crippen LogP contribution in [-0.2, 0) is 14.4 Å². The van der Waals surface area contributed by atoms with E-state index in [0.717, 1.165) is 32.4 Å². The Morgan fingerprint density at radius 2 is 2.00 bits per heavy atom. The summed E-state index contributed by atoms with van der Waals surface area (Å²) in [5, 5.41) is 8.36. The van der Waals surface area contributed by atoms with Crippen LogP contribution < -0.4 is 16.0 Å². The summed E-state index contributed by atoms with van der Waals surface area (Å²) < 4.78 is 0. The van der Waals surface area contributed by atoms with Crippen molar-refractivity contribution in [3.8, 4) is 0 Å². The van der Waals surface area contributed by atoms with Crippen molar-refractivity contribution in [2.24, 2.45) is 11.3 Å². The standard InChI is InChI=1S/C13H19N3O3/c17-10-2-1-9(12(19)16-10)15-11(18)8-7-13(8)3-5-14-6-4-13/h8-9,14H,1-7H2,(H,15,18)(H,16,17,19). The highest BCUT2D eigenvalue weighted by molar-refractivity contribution is 6.02. The average molecular weight is 265 g/mol. The van der Waals surface area contributed by atoms with Gasteiger partial charge in [0.2, 0.25) is 17.7 Å². The van der Waals surface area contributed by atoms with Gasteiger partial charge in [-0.15, -0.1) is 0 Å². The Morgan fingerprint density at radius 3 is 2.68 bits per heavy atom. The van der Waals surface area contributed by atoms with Crippen molar-refractivity contribution in [2.45, 2.75) is 38.1 Å². The molecule has 2 atom stereocenters. The summed E-state index contributed by atoms with van der Waals surface area (Å²) in [6.45, 7) is 1.95. The van der Waals surface area contributed by atoms with E-state index >= 15 is 0 Å². The third-order valence-corrected chi connectivity index (χ3v) is 4.66. The molecule has 0 aromatic rings. The average Bonchev–Trinajstić information content (AvgIpc) is 3.07. The predicted octanol–water partition coefficient (Wildman–Crippen LogP) is -0.702. The highest BCUT2D eigenvalue weighted by Crippen LogP contribution is 2.58. The lowest BCUT2D eigenvalue weighted by molar-refractivity contribution is -0.137. The second-order valence-corrected chi connectivity index (χ2v) is 5.88. The molecular formula is C13H19N3O3. The number of rotatable bonds is 2. The molecule has 2 saturated heterocycles. The zero-order valence-corrected chi connectivity index (χ0v) is 10.8. The molecule has 3 amide bonds. The van der Waals surface area contributed by atoms with Crippen LogP contribution in [-0.4, -0.2) is 36.9 Å². The Morgan fingerprint density at radius 1 is 1.26 bits per heavy atom. The summed E-state index contributed by atoms with van der Waals surface area (Å²) in [7, 11) is 0. The molecule has 3 rings (SSSR count). The summed E-state index contributed by atoms with van der Waals surface area (Å²) in [6.07, 6.45) is 3.74. The van der Waals surface area contributed by atoms with Crippen LogP contribution in [0, 0.1) is 11.3 Å². The minimum Gasteiger partial charge on any atom is -0.344 e. The fraction of sp³-hybridized carbons (Fsp3) is 0.769. The van der Waals surface area contributed by atoms with Crippen LogP contribution in [0.15, 0.2) is 0 Å². The molecule has 6 heteroatoms. The van der Waals surface area contributed by atoms with Gasteiger partial charge in [0.25, 0.3) is 0 Å². The van der Waals surface area contributed by atoms with E-state index in [2.05, 4.69) is 16.0 Å². The maximum atomic E-state index is 12.2. The summed E-state index contributed by atoms with van der Waals surface area (Å²) >= 11 is 0. The van der Waals surface area contributed by atoms with Gasteiger partial charge in [0.05, 0.1) is 0 Å². The van der Waals surface area contributed by atoms with Crippen LogP contribution in [0.1, 0.15) is 32.1 Å². The number of carbonyl (C=O) groups excluding carboxylic acids is 3. The lowest BCUT2D eigenvalue weighted by atomic mass is 9.91. The summed E-state index contributed by atoms with van der Waals surface area (Å²) in [5.74, 6) is -0.585. The fourth-order valence-corrected chi connectivity index (χ4v) is 3.30. The van der Waals surface area contributed by atoms with Gasteiger partial charge in [0, 0.05) is 12.3 Å². The van der Waals surface area contributed by atoms with E-state index in [0.29, 0.717) is 12.8 Å². The van der Waals surface area contributed by atoms with Gasteiger partial charge < -0.3 is 10.6 Å². The monoisotopic (exact) mass is 265 g/mol.